The molecule has 0 saturated carbocycles. The molecule has 0 bridgehead atoms. The van der Waals surface area contributed by atoms with Gasteiger partial charge in [0.2, 0.25) is 0 Å². The lowest BCUT2D eigenvalue weighted by Gasteiger charge is -2.30. The Hall–Kier alpha value is -1.03. The molecule has 2 heterocycles. The number of ether oxygens (including phenoxy) is 1. The molecule has 0 amide bonds. The summed E-state index contributed by atoms with van der Waals surface area (Å²) in [5, 5.41) is 0.706. The Bertz CT molecular complexity index is 659. The molecule has 1 aromatic heterocycles. The summed E-state index contributed by atoms with van der Waals surface area (Å²) in [7, 11) is 0. The van der Waals surface area contributed by atoms with Crippen molar-refractivity contribution in [2.45, 2.75) is 44.8 Å². The number of halogens is 1. The van der Waals surface area contributed by atoms with Gasteiger partial charge in [0.1, 0.15) is 11.9 Å². The molecule has 3 rings (SSSR count). The van der Waals surface area contributed by atoms with Gasteiger partial charge in [0.05, 0.1) is 0 Å². The topological polar surface area (TPSA) is 35.2 Å². The molecule has 0 aliphatic carbocycles. The van der Waals surface area contributed by atoms with Gasteiger partial charge in [-0.1, -0.05) is 32.4 Å². The standard InChI is InChI=1S/C17H20ClNOS/c1-17(2,3)16-7-6-15(21-16)14-9-12(19)11-8-10(18)4-5-13(11)20-14/h4-8,12,14H,9,19H2,1-3H3. The lowest BCUT2D eigenvalue weighted by Crippen LogP contribution is -2.23. The number of hydrogen-bond donors (Lipinski definition) is 1. The summed E-state index contributed by atoms with van der Waals surface area (Å²) < 4.78 is 6.14. The zero-order valence-corrected chi connectivity index (χ0v) is 14.1. The summed E-state index contributed by atoms with van der Waals surface area (Å²) in [6.45, 7) is 6.69. The summed E-state index contributed by atoms with van der Waals surface area (Å²) >= 11 is 7.86. The second-order valence-corrected chi connectivity index (χ2v) is 8.13. The predicted octanol–water partition coefficient (Wildman–Crippen LogP) is 5.22. The molecule has 2 unspecified atom stereocenters. The third-order valence-corrected chi connectivity index (χ3v) is 5.63. The first-order chi connectivity index (χ1) is 9.84. The van der Waals surface area contributed by atoms with Gasteiger partial charge >= 0.3 is 0 Å². The third kappa shape index (κ3) is 2.96. The van der Waals surface area contributed by atoms with E-state index in [-0.39, 0.29) is 17.6 Å². The number of benzene rings is 1. The van der Waals surface area contributed by atoms with Crippen molar-refractivity contribution in [1.82, 2.24) is 0 Å². The zero-order valence-electron chi connectivity index (χ0n) is 12.5. The van der Waals surface area contributed by atoms with Gasteiger partial charge in [0, 0.05) is 32.8 Å². The van der Waals surface area contributed by atoms with E-state index >= 15 is 0 Å². The number of nitrogens with two attached hydrogens (primary N) is 1. The van der Waals surface area contributed by atoms with Crippen LogP contribution in [0.25, 0.3) is 0 Å². The number of hydrogen-bond acceptors (Lipinski definition) is 3. The van der Waals surface area contributed by atoms with Crippen molar-refractivity contribution < 1.29 is 4.74 Å². The quantitative estimate of drug-likeness (QED) is 0.781. The Labute approximate surface area is 134 Å². The van der Waals surface area contributed by atoms with E-state index in [0.717, 1.165) is 17.7 Å². The minimum atomic E-state index is -0.0300. The van der Waals surface area contributed by atoms with E-state index in [1.165, 1.54) is 9.75 Å². The van der Waals surface area contributed by atoms with E-state index in [2.05, 4.69) is 32.9 Å². The van der Waals surface area contributed by atoms with Crippen LogP contribution in [0.5, 0.6) is 5.75 Å². The van der Waals surface area contributed by atoms with Crippen molar-refractivity contribution in [1.29, 1.82) is 0 Å². The fourth-order valence-electron chi connectivity index (χ4n) is 2.58. The lowest BCUT2D eigenvalue weighted by molar-refractivity contribution is 0.165. The molecule has 2 nitrogen and oxygen atoms in total. The van der Waals surface area contributed by atoms with Crippen molar-refractivity contribution >= 4 is 22.9 Å². The molecule has 0 radical (unpaired) electrons. The molecule has 2 atom stereocenters. The monoisotopic (exact) mass is 321 g/mol. The van der Waals surface area contributed by atoms with Crippen LogP contribution in [0.3, 0.4) is 0 Å². The van der Waals surface area contributed by atoms with Crippen LogP contribution in [0.4, 0.5) is 0 Å². The van der Waals surface area contributed by atoms with E-state index in [9.17, 15) is 0 Å². The minimum Gasteiger partial charge on any atom is -0.484 e. The second kappa shape index (κ2) is 5.31. The van der Waals surface area contributed by atoms with Gasteiger partial charge in [-0.3, -0.25) is 0 Å². The van der Waals surface area contributed by atoms with E-state index in [1.54, 1.807) is 0 Å². The first-order valence-corrected chi connectivity index (χ1v) is 8.36. The zero-order chi connectivity index (χ0) is 15.2. The van der Waals surface area contributed by atoms with E-state index < -0.39 is 0 Å². The summed E-state index contributed by atoms with van der Waals surface area (Å²) in [5.41, 5.74) is 7.48. The smallest absolute Gasteiger partial charge is 0.135 e. The van der Waals surface area contributed by atoms with Crippen molar-refractivity contribution in [2.75, 3.05) is 0 Å². The molecule has 2 N–H and O–H groups in total. The van der Waals surface area contributed by atoms with Crippen LogP contribution in [-0.4, -0.2) is 0 Å². The Morgan fingerprint density at radius 2 is 2.00 bits per heavy atom. The molecule has 1 aliphatic heterocycles. The van der Waals surface area contributed by atoms with Gasteiger partial charge in [-0.25, -0.2) is 0 Å². The molecule has 0 spiro atoms. The highest BCUT2D eigenvalue weighted by Crippen LogP contribution is 2.43. The Kier molecular flexibility index (Phi) is 3.76. The van der Waals surface area contributed by atoms with Crippen molar-refractivity contribution in [3.05, 3.63) is 50.7 Å². The highest BCUT2D eigenvalue weighted by Gasteiger charge is 2.29. The molecule has 1 aromatic carbocycles. The van der Waals surface area contributed by atoms with Crippen LogP contribution in [-0.2, 0) is 5.41 Å². The third-order valence-electron chi connectivity index (χ3n) is 3.79. The Balaban J connectivity index is 1.89. The molecular formula is C17H20ClNOS. The summed E-state index contributed by atoms with van der Waals surface area (Å²) in [4.78, 5) is 2.62. The fraction of sp³-hybridized carbons (Fsp3) is 0.412. The average Bonchev–Trinajstić information content (AvgIpc) is 2.89. The first kappa shape index (κ1) is 14.9. The van der Waals surface area contributed by atoms with Crippen LogP contribution < -0.4 is 10.5 Å². The van der Waals surface area contributed by atoms with Crippen molar-refractivity contribution in [3.63, 3.8) is 0 Å². The molecule has 21 heavy (non-hydrogen) atoms. The molecule has 1 aliphatic rings. The minimum absolute atomic E-state index is 0.0300. The maximum absolute atomic E-state index is 6.30. The number of thiophene rings is 1. The van der Waals surface area contributed by atoms with Crippen LogP contribution >= 0.6 is 22.9 Å². The second-order valence-electron chi connectivity index (χ2n) is 6.58. The van der Waals surface area contributed by atoms with Gasteiger partial charge in [0.15, 0.2) is 0 Å². The van der Waals surface area contributed by atoms with Crippen molar-refractivity contribution in [2.24, 2.45) is 5.73 Å². The van der Waals surface area contributed by atoms with Crippen LogP contribution in [0.15, 0.2) is 30.3 Å². The summed E-state index contributed by atoms with van der Waals surface area (Å²) in [6, 6.07) is 10.0. The van der Waals surface area contributed by atoms with Gasteiger partial charge in [0.25, 0.3) is 0 Å². The van der Waals surface area contributed by atoms with Gasteiger partial charge < -0.3 is 10.5 Å². The number of fused-ring (bicyclic) bond motifs is 1. The summed E-state index contributed by atoms with van der Waals surface area (Å²) in [5.74, 6) is 0.855. The molecule has 112 valence electrons. The molecule has 0 saturated heterocycles. The highest BCUT2D eigenvalue weighted by molar-refractivity contribution is 7.12. The fourth-order valence-corrected chi connectivity index (χ4v) is 3.87. The molecule has 2 aromatic rings. The van der Waals surface area contributed by atoms with E-state index in [4.69, 9.17) is 22.1 Å². The van der Waals surface area contributed by atoms with Gasteiger partial charge in [-0.2, -0.15) is 0 Å². The first-order valence-electron chi connectivity index (χ1n) is 7.16. The summed E-state index contributed by atoms with van der Waals surface area (Å²) in [6.07, 6.45) is 0.826. The van der Waals surface area contributed by atoms with Crippen LogP contribution in [0.2, 0.25) is 5.02 Å². The Morgan fingerprint density at radius 3 is 2.67 bits per heavy atom. The highest BCUT2D eigenvalue weighted by atomic mass is 35.5. The molecule has 4 heteroatoms. The van der Waals surface area contributed by atoms with Crippen molar-refractivity contribution in [3.8, 4) is 5.75 Å². The number of rotatable bonds is 1. The maximum atomic E-state index is 6.30. The van der Waals surface area contributed by atoms with E-state index in [0.29, 0.717) is 5.02 Å². The predicted molar refractivity (Wildman–Crippen MR) is 89.4 cm³/mol. The molecular weight excluding hydrogens is 302 g/mol. The maximum Gasteiger partial charge on any atom is 0.135 e. The molecule has 0 fully saturated rings. The van der Waals surface area contributed by atoms with E-state index in [1.807, 2.05) is 29.5 Å². The van der Waals surface area contributed by atoms with Crippen LogP contribution in [0, 0.1) is 0 Å². The normalized spacial score (nSPS) is 21.8. The lowest BCUT2D eigenvalue weighted by atomic mass is 9.94. The SMILES string of the molecule is CC(C)(C)c1ccc(C2CC(N)c3cc(Cl)ccc3O2)s1. The van der Waals surface area contributed by atoms with Gasteiger partial charge in [-0.15, -0.1) is 11.3 Å². The van der Waals surface area contributed by atoms with Gasteiger partial charge in [-0.05, 0) is 35.7 Å². The van der Waals surface area contributed by atoms with Crippen LogP contribution in [0.1, 0.15) is 54.7 Å². The Morgan fingerprint density at radius 1 is 1.24 bits per heavy atom. The largest absolute Gasteiger partial charge is 0.484 e. The average molecular weight is 322 g/mol.